The fourth-order valence-electron chi connectivity index (χ4n) is 2.01. The molecule has 1 aliphatic heterocycles. The number of benzene rings is 1. The van der Waals surface area contributed by atoms with E-state index >= 15 is 0 Å². The molecule has 1 aliphatic rings. The molecule has 2 rings (SSSR count). The minimum atomic E-state index is -0.713. The smallest absolute Gasteiger partial charge is 0.325 e. The Balaban J connectivity index is 2.01. The molecular weight excluding hydrogens is 270 g/mol. The number of ether oxygens (including phenoxy) is 1. The summed E-state index contributed by atoms with van der Waals surface area (Å²) < 4.78 is 30.9. The number of nitrogens with zero attached hydrogens (tertiary/aromatic N) is 1. The molecule has 108 valence electrons. The van der Waals surface area contributed by atoms with Gasteiger partial charge in [-0.1, -0.05) is 0 Å². The van der Waals surface area contributed by atoms with Crippen molar-refractivity contribution < 1.29 is 23.1 Å². The molecule has 1 amide bonds. The SMILES string of the molecule is COC(=O)CNC(=O)C1CCN1c1ccc(F)cc1F. The maximum absolute atomic E-state index is 13.6. The van der Waals surface area contributed by atoms with Crippen molar-refractivity contribution in [3.63, 3.8) is 0 Å². The number of methoxy groups -OCH3 is 1. The molecule has 7 heteroatoms. The van der Waals surface area contributed by atoms with Crippen LogP contribution in [0.2, 0.25) is 0 Å². The van der Waals surface area contributed by atoms with Crippen LogP contribution in [-0.2, 0) is 14.3 Å². The van der Waals surface area contributed by atoms with E-state index in [4.69, 9.17) is 0 Å². The number of anilines is 1. The van der Waals surface area contributed by atoms with Gasteiger partial charge in [-0.15, -0.1) is 0 Å². The van der Waals surface area contributed by atoms with Gasteiger partial charge in [0.15, 0.2) is 0 Å². The van der Waals surface area contributed by atoms with E-state index in [-0.39, 0.29) is 18.1 Å². The average molecular weight is 284 g/mol. The van der Waals surface area contributed by atoms with E-state index in [1.54, 1.807) is 0 Å². The molecule has 20 heavy (non-hydrogen) atoms. The summed E-state index contributed by atoms with van der Waals surface area (Å²) in [7, 11) is 1.22. The number of carbonyl (C=O) groups excluding carboxylic acids is 2. The normalized spacial score (nSPS) is 17.4. The molecule has 0 bridgehead atoms. The van der Waals surface area contributed by atoms with Crippen molar-refractivity contribution in [2.45, 2.75) is 12.5 Å². The third kappa shape index (κ3) is 2.87. The van der Waals surface area contributed by atoms with Crippen molar-refractivity contribution in [1.82, 2.24) is 5.32 Å². The van der Waals surface area contributed by atoms with Crippen LogP contribution in [-0.4, -0.2) is 38.1 Å². The standard InChI is InChI=1S/C13H14F2N2O3/c1-20-12(18)7-16-13(19)11-4-5-17(11)10-3-2-8(14)6-9(10)15/h2-3,6,11H,4-5,7H2,1H3,(H,16,19). The van der Waals surface area contributed by atoms with Crippen LogP contribution in [0.15, 0.2) is 18.2 Å². The zero-order valence-corrected chi connectivity index (χ0v) is 10.9. The summed E-state index contributed by atoms with van der Waals surface area (Å²) in [5.41, 5.74) is 0.177. The lowest BCUT2D eigenvalue weighted by molar-refractivity contribution is -0.141. The Bertz CT molecular complexity index is 536. The van der Waals surface area contributed by atoms with Gasteiger partial charge in [0.25, 0.3) is 0 Å². The van der Waals surface area contributed by atoms with Crippen LogP contribution in [0.25, 0.3) is 0 Å². The molecule has 5 nitrogen and oxygen atoms in total. The molecule has 0 radical (unpaired) electrons. The Kier molecular flexibility index (Phi) is 4.16. The number of halogens is 2. The van der Waals surface area contributed by atoms with Gasteiger partial charge in [-0.05, 0) is 18.6 Å². The number of hydrogen-bond acceptors (Lipinski definition) is 4. The summed E-state index contributed by atoms with van der Waals surface area (Å²) in [5, 5.41) is 2.41. The van der Waals surface area contributed by atoms with Gasteiger partial charge in [0.1, 0.15) is 24.2 Å². The summed E-state index contributed by atoms with van der Waals surface area (Å²) in [6.07, 6.45) is 0.545. The van der Waals surface area contributed by atoms with Gasteiger partial charge in [-0.2, -0.15) is 0 Å². The van der Waals surface area contributed by atoms with Crippen LogP contribution in [0.3, 0.4) is 0 Å². The Labute approximate surface area is 114 Å². The summed E-state index contributed by atoms with van der Waals surface area (Å²) in [6, 6.07) is 2.65. The van der Waals surface area contributed by atoms with Crippen molar-refractivity contribution in [3.8, 4) is 0 Å². The molecule has 0 aliphatic carbocycles. The highest BCUT2D eigenvalue weighted by Gasteiger charge is 2.35. The van der Waals surface area contributed by atoms with Crippen molar-refractivity contribution in [2.24, 2.45) is 0 Å². The number of hydrogen-bond donors (Lipinski definition) is 1. The number of rotatable bonds is 4. The molecule has 0 aromatic heterocycles. The van der Waals surface area contributed by atoms with E-state index in [2.05, 4.69) is 10.1 Å². The van der Waals surface area contributed by atoms with Gasteiger partial charge < -0.3 is 15.0 Å². The predicted molar refractivity (Wildman–Crippen MR) is 67.1 cm³/mol. The molecular formula is C13H14F2N2O3. The van der Waals surface area contributed by atoms with Gasteiger partial charge in [-0.3, -0.25) is 9.59 Å². The Hall–Kier alpha value is -2.18. The lowest BCUT2D eigenvalue weighted by Crippen LogP contribution is -2.57. The van der Waals surface area contributed by atoms with Crippen LogP contribution < -0.4 is 10.2 Å². The third-order valence-corrected chi connectivity index (χ3v) is 3.18. The number of amides is 1. The van der Waals surface area contributed by atoms with E-state index in [0.29, 0.717) is 13.0 Å². The fourth-order valence-corrected chi connectivity index (χ4v) is 2.01. The zero-order chi connectivity index (χ0) is 14.7. The number of nitrogens with one attached hydrogen (secondary N) is 1. The van der Waals surface area contributed by atoms with Crippen molar-refractivity contribution in [2.75, 3.05) is 25.1 Å². The largest absolute Gasteiger partial charge is 0.468 e. The summed E-state index contributed by atoms with van der Waals surface area (Å²) >= 11 is 0. The highest BCUT2D eigenvalue weighted by molar-refractivity contribution is 5.89. The van der Waals surface area contributed by atoms with Crippen molar-refractivity contribution >= 4 is 17.6 Å². The zero-order valence-electron chi connectivity index (χ0n) is 10.9. The molecule has 0 saturated carbocycles. The van der Waals surface area contributed by atoms with Crippen LogP contribution in [0.1, 0.15) is 6.42 Å². The lowest BCUT2D eigenvalue weighted by Gasteiger charge is -2.41. The molecule has 1 aromatic carbocycles. The number of esters is 1. The van der Waals surface area contributed by atoms with Crippen LogP contribution in [0.4, 0.5) is 14.5 Å². The Morgan fingerprint density at radius 1 is 1.45 bits per heavy atom. The van der Waals surface area contributed by atoms with Gasteiger partial charge in [0.05, 0.1) is 12.8 Å². The first-order valence-electron chi connectivity index (χ1n) is 6.09. The maximum Gasteiger partial charge on any atom is 0.325 e. The molecule has 1 unspecified atom stereocenters. The first-order chi connectivity index (χ1) is 9.52. The lowest BCUT2D eigenvalue weighted by atomic mass is 10.0. The van der Waals surface area contributed by atoms with Crippen molar-refractivity contribution in [3.05, 3.63) is 29.8 Å². The predicted octanol–water partition coefficient (Wildman–Crippen LogP) is 0.833. The molecule has 1 aromatic rings. The fraction of sp³-hybridized carbons (Fsp3) is 0.385. The van der Waals surface area contributed by atoms with E-state index in [1.807, 2.05) is 0 Å². The second-order valence-electron chi connectivity index (χ2n) is 4.39. The van der Waals surface area contributed by atoms with Crippen LogP contribution >= 0.6 is 0 Å². The minimum Gasteiger partial charge on any atom is -0.468 e. The van der Waals surface area contributed by atoms with Crippen LogP contribution in [0.5, 0.6) is 0 Å². The van der Waals surface area contributed by atoms with Gasteiger partial charge in [0, 0.05) is 12.6 Å². The Morgan fingerprint density at radius 2 is 2.20 bits per heavy atom. The van der Waals surface area contributed by atoms with Gasteiger partial charge >= 0.3 is 5.97 Å². The molecule has 0 spiro atoms. The Morgan fingerprint density at radius 3 is 2.75 bits per heavy atom. The van der Waals surface area contributed by atoms with E-state index < -0.39 is 23.6 Å². The second-order valence-corrected chi connectivity index (χ2v) is 4.39. The second kappa shape index (κ2) is 5.85. The quantitative estimate of drug-likeness (QED) is 0.832. The van der Waals surface area contributed by atoms with Gasteiger partial charge in [0.2, 0.25) is 5.91 Å². The monoisotopic (exact) mass is 284 g/mol. The maximum atomic E-state index is 13.6. The molecule has 1 fully saturated rings. The van der Waals surface area contributed by atoms with Gasteiger partial charge in [-0.25, -0.2) is 8.78 Å². The first kappa shape index (κ1) is 14.2. The molecule has 1 N–H and O–H groups in total. The van der Waals surface area contributed by atoms with E-state index in [0.717, 1.165) is 12.1 Å². The van der Waals surface area contributed by atoms with E-state index in [9.17, 15) is 18.4 Å². The summed E-state index contributed by atoms with van der Waals surface area (Å²) in [4.78, 5) is 24.3. The molecule has 1 saturated heterocycles. The average Bonchev–Trinajstić information content (AvgIpc) is 2.37. The topological polar surface area (TPSA) is 58.6 Å². The van der Waals surface area contributed by atoms with Crippen LogP contribution in [0, 0.1) is 11.6 Å². The highest BCUT2D eigenvalue weighted by atomic mass is 19.1. The molecule has 1 atom stereocenters. The van der Waals surface area contributed by atoms with E-state index in [1.165, 1.54) is 18.1 Å². The minimum absolute atomic E-state index is 0.177. The third-order valence-electron chi connectivity index (χ3n) is 3.18. The highest BCUT2D eigenvalue weighted by Crippen LogP contribution is 2.29. The number of carbonyl (C=O) groups is 2. The molecule has 1 heterocycles. The summed E-state index contributed by atoms with van der Waals surface area (Å²) in [6.45, 7) is 0.268. The summed E-state index contributed by atoms with van der Waals surface area (Å²) in [5.74, 6) is -2.32. The first-order valence-corrected chi connectivity index (χ1v) is 6.09. The van der Waals surface area contributed by atoms with Crippen molar-refractivity contribution in [1.29, 1.82) is 0 Å².